The fraction of sp³-hybridized carbons (Fsp3) is 0.250. The zero-order valence-corrected chi connectivity index (χ0v) is 17.9. The van der Waals surface area contributed by atoms with Crippen molar-refractivity contribution < 1.29 is 9.47 Å². The van der Waals surface area contributed by atoms with Crippen LogP contribution in [0.1, 0.15) is 25.6 Å². The fourth-order valence-electron chi connectivity index (χ4n) is 2.92. The Bertz CT molecular complexity index is 984. The molecule has 6 nitrogen and oxygen atoms in total. The van der Waals surface area contributed by atoms with Crippen LogP contribution in [0.25, 0.3) is 11.3 Å². The molecule has 1 N–H and O–H groups in total. The van der Waals surface area contributed by atoms with E-state index >= 15 is 0 Å². The molecule has 2 heterocycles. The van der Waals surface area contributed by atoms with Crippen LogP contribution in [-0.4, -0.2) is 27.5 Å². The summed E-state index contributed by atoms with van der Waals surface area (Å²) in [6.45, 7) is 4.65. The highest BCUT2D eigenvalue weighted by atomic mass is 79.9. The predicted octanol–water partition coefficient (Wildman–Crippen LogP) is 5.31. The molecule has 1 aromatic heterocycles. The number of halogens is 1. The Morgan fingerprint density at radius 2 is 1.96 bits per heavy atom. The molecular weight excluding hydrogens is 440 g/mol. The minimum atomic E-state index is -0.409. The van der Waals surface area contributed by atoms with Gasteiger partial charge in [-0.1, -0.05) is 34.6 Å². The summed E-state index contributed by atoms with van der Waals surface area (Å²) < 4.78 is 12.8. The molecule has 1 aliphatic rings. The lowest BCUT2D eigenvalue weighted by atomic mass is 10.1. The Labute approximate surface area is 176 Å². The third kappa shape index (κ3) is 3.93. The van der Waals surface area contributed by atoms with Crippen molar-refractivity contribution in [2.24, 2.45) is 0 Å². The highest BCUT2D eigenvalue weighted by Gasteiger charge is 2.26. The molecule has 0 radical (unpaired) electrons. The van der Waals surface area contributed by atoms with Gasteiger partial charge in [-0.3, -0.25) is 0 Å². The summed E-state index contributed by atoms with van der Waals surface area (Å²) in [6.07, 6.45) is -0.409. The van der Waals surface area contributed by atoms with E-state index in [-0.39, 0.29) is 0 Å². The van der Waals surface area contributed by atoms with E-state index in [4.69, 9.17) is 9.47 Å². The zero-order valence-electron chi connectivity index (χ0n) is 15.5. The number of aromatic nitrogens is 3. The quantitative estimate of drug-likeness (QED) is 0.519. The Balaban J connectivity index is 1.77. The average molecular weight is 459 g/mol. The molecule has 0 amide bonds. The molecule has 144 valence electrons. The van der Waals surface area contributed by atoms with Crippen molar-refractivity contribution in [1.29, 1.82) is 0 Å². The lowest BCUT2D eigenvalue weighted by molar-refractivity contribution is 0.225. The van der Waals surface area contributed by atoms with E-state index in [9.17, 15) is 0 Å². The minimum absolute atomic E-state index is 0.409. The number of ether oxygens (including phenoxy) is 2. The van der Waals surface area contributed by atoms with E-state index in [0.717, 1.165) is 32.8 Å². The van der Waals surface area contributed by atoms with Gasteiger partial charge in [-0.25, -0.2) is 0 Å². The SMILES string of the molecule is CCOc1ccc([C@H]2Nc3ccc(Br)cc3-c3nnc(SCC)nc3O2)cc1. The predicted molar refractivity (Wildman–Crippen MR) is 114 cm³/mol. The number of anilines is 1. The Kier molecular flexibility index (Phi) is 5.68. The topological polar surface area (TPSA) is 69.2 Å². The van der Waals surface area contributed by atoms with Gasteiger partial charge >= 0.3 is 0 Å². The van der Waals surface area contributed by atoms with Crippen LogP contribution >= 0.6 is 27.7 Å². The Hall–Kier alpha value is -2.32. The molecule has 4 rings (SSSR count). The van der Waals surface area contributed by atoms with Gasteiger partial charge in [-0.15, -0.1) is 10.2 Å². The highest BCUT2D eigenvalue weighted by molar-refractivity contribution is 9.10. The zero-order chi connectivity index (χ0) is 19.5. The molecule has 0 spiro atoms. The lowest BCUT2D eigenvalue weighted by Crippen LogP contribution is -2.17. The molecule has 0 aliphatic carbocycles. The summed E-state index contributed by atoms with van der Waals surface area (Å²) in [7, 11) is 0. The smallest absolute Gasteiger partial charge is 0.247 e. The van der Waals surface area contributed by atoms with Crippen molar-refractivity contribution in [2.75, 3.05) is 17.7 Å². The second-order valence-corrected chi connectivity index (χ2v) is 8.16. The van der Waals surface area contributed by atoms with Crippen molar-refractivity contribution in [3.05, 3.63) is 52.5 Å². The summed E-state index contributed by atoms with van der Waals surface area (Å²) >= 11 is 5.07. The second-order valence-electron chi connectivity index (χ2n) is 6.02. The number of nitrogens with zero attached hydrogens (tertiary/aromatic N) is 3. The van der Waals surface area contributed by atoms with Crippen molar-refractivity contribution >= 4 is 33.4 Å². The molecule has 0 unspecified atom stereocenters. The van der Waals surface area contributed by atoms with Crippen LogP contribution in [-0.2, 0) is 0 Å². The first kappa shape index (κ1) is 19.0. The van der Waals surface area contributed by atoms with E-state index in [1.807, 2.05) is 49.4 Å². The van der Waals surface area contributed by atoms with Crippen LogP contribution in [0.15, 0.2) is 52.1 Å². The highest BCUT2D eigenvalue weighted by Crippen LogP contribution is 2.40. The summed E-state index contributed by atoms with van der Waals surface area (Å²) in [5.41, 5.74) is 3.39. The molecule has 1 aliphatic heterocycles. The van der Waals surface area contributed by atoms with Crippen LogP contribution in [0.4, 0.5) is 5.69 Å². The molecule has 28 heavy (non-hydrogen) atoms. The van der Waals surface area contributed by atoms with Crippen LogP contribution in [0.3, 0.4) is 0 Å². The maximum atomic E-state index is 6.26. The van der Waals surface area contributed by atoms with E-state index in [1.54, 1.807) is 0 Å². The standard InChI is InChI=1S/C20H19BrN4O2S/c1-3-26-14-8-5-12(6-9-14)18-22-16-10-7-13(21)11-15(16)17-19(27-18)23-20(25-24-17)28-4-2/h5-11,18,22H,3-4H2,1-2H3/t18-/m0/s1. The number of nitrogens with one attached hydrogen (secondary N) is 1. The van der Waals surface area contributed by atoms with Crippen LogP contribution < -0.4 is 14.8 Å². The van der Waals surface area contributed by atoms with Crippen LogP contribution in [0, 0.1) is 0 Å². The second kappa shape index (κ2) is 8.36. The summed E-state index contributed by atoms with van der Waals surface area (Å²) in [6, 6.07) is 13.8. The van der Waals surface area contributed by atoms with Gasteiger partial charge in [0.2, 0.25) is 11.0 Å². The van der Waals surface area contributed by atoms with E-state index in [1.165, 1.54) is 11.8 Å². The maximum Gasteiger partial charge on any atom is 0.247 e. The normalized spacial score (nSPS) is 14.9. The largest absolute Gasteiger partial charge is 0.494 e. The molecule has 1 atom stereocenters. The van der Waals surface area contributed by atoms with Gasteiger partial charge in [0, 0.05) is 21.3 Å². The third-order valence-electron chi connectivity index (χ3n) is 4.16. The molecule has 0 saturated carbocycles. The number of thioether (sulfide) groups is 1. The molecule has 0 saturated heterocycles. The Morgan fingerprint density at radius 1 is 1.14 bits per heavy atom. The van der Waals surface area contributed by atoms with E-state index < -0.39 is 6.23 Å². The van der Waals surface area contributed by atoms with Gasteiger partial charge in [0.15, 0.2) is 11.9 Å². The van der Waals surface area contributed by atoms with Crippen molar-refractivity contribution in [1.82, 2.24) is 15.2 Å². The monoisotopic (exact) mass is 458 g/mol. The molecular formula is C20H19BrN4O2S. The molecule has 0 fully saturated rings. The van der Waals surface area contributed by atoms with Gasteiger partial charge < -0.3 is 14.8 Å². The van der Waals surface area contributed by atoms with Crippen molar-refractivity contribution in [2.45, 2.75) is 25.2 Å². The van der Waals surface area contributed by atoms with Gasteiger partial charge in [0.1, 0.15) is 5.75 Å². The molecule has 3 aromatic rings. The van der Waals surface area contributed by atoms with Crippen molar-refractivity contribution in [3.63, 3.8) is 0 Å². The fourth-order valence-corrected chi connectivity index (χ4v) is 3.78. The number of hydrogen-bond donors (Lipinski definition) is 1. The summed E-state index contributed by atoms with van der Waals surface area (Å²) in [4.78, 5) is 4.60. The average Bonchev–Trinajstić information content (AvgIpc) is 2.85. The number of rotatable bonds is 5. The minimum Gasteiger partial charge on any atom is -0.494 e. The van der Waals surface area contributed by atoms with Crippen LogP contribution in [0.2, 0.25) is 0 Å². The first-order valence-corrected chi connectivity index (χ1v) is 10.8. The molecule has 8 heteroatoms. The first-order chi connectivity index (χ1) is 13.7. The van der Waals surface area contributed by atoms with Gasteiger partial charge in [-0.05, 0) is 55.1 Å². The van der Waals surface area contributed by atoms with Crippen molar-refractivity contribution in [3.8, 4) is 22.9 Å². The summed E-state index contributed by atoms with van der Waals surface area (Å²) in [5, 5.41) is 12.7. The summed E-state index contributed by atoms with van der Waals surface area (Å²) in [5.74, 6) is 2.16. The number of hydrogen-bond acceptors (Lipinski definition) is 7. The first-order valence-electron chi connectivity index (χ1n) is 9.01. The molecule has 0 bridgehead atoms. The molecule has 2 aromatic carbocycles. The van der Waals surface area contributed by atoms with Gasteiger partial charge in [0.05, 0.1) is 6.61 Å². The van der Waals surface area contributed by atoms with E-state index in [2.05, 4.69) is 43.4 Å². The number of fused-ring (bicyclic) bond motifs is 3. The maximum absolute atomic E-state index is 6.26. The third-order valence-corrected chi connectivity index (χ3v) is 5.37. The Morgan fingerprint density at radius 3 is 2.71 bits per heavy atom. The van der Waals surface area contributed by atoms with E-state index in [0.29, 0.717) is 23.3 Å². The van der Waals surface area contributed by atoms with Gasteiger partial charge in [-0.2, -0.15) is 4.98 Å². The number of benzene rings is 2. The van der Waals surface area contributed by atoms with Gasteiger partial charge in [0.25, 0.3) is 0 Å². The van der Waals surface area contributed by atoms with Crippen LogP contribution in [0.5, 0.6) is 11.6 Å². The lowest BCUT2D eigenvalue weighted by Gasteiger charge is -2.19.